The highest BCUT2D eigenvalue weighted by Crippen LogP contribution is 2.44. The number of furan rings is 1. The summed E-state index contributed by atoms with van der Waals surface area (Å²) < 4.78 is 12.3. The number of fused-ring (bicyclic) bond motifs is 12. The first-order valence-corrected chi connectivity index (χ1v) is 26.0. The molecule has 350 valence electrons. The van der Waals surface area contributed by atoms with Gasteiger partial charge in [-0.15, -0.1) is 11.3 Å². The van der Waals surface area contributed by atoms with Crippen molar-refractivity contribution in [3.05, 3.63) is 210 Å². The van der Waals surface area contributed by atoms with E-state index in [1.54, 1.807) is 0 Å². The van der Waals surface area contributed by atoms with E-state index in [0.29, 0.717) is 11.8 Å². The fourth-order valence-corrected chi connectivity index (χ4v) is 12.9. The average Bonchev–Trinajstić information content (AvgIpc) is 4.16. The van der Waals surface area contributed by atoms with Crippen molar-refractivity contribution in [1.82, 2.24) is 14.0 Å². The lowest BCUT2D eigenvalue weighted by Crippen LogP contribution is -2.27. The number of nitrogens with one attached hydrogen (secondary N) is 1. The summed E-state index contributed by atoms with van der Waals surface area (Å²) in [5.74, 6) is 2.42. The van der Waals surface area contributed by atoms with Crippen molar-refractivity contribution in [2.24, 2.45) is 10.9 Å². The maximum Gasteiger partial charge on any atom is 0.229 e. The fraction of sp³-hybridized carbons (Fsp3) is 0.138. The molecule has 6 nitrogen and oxygen atoms in total. The second-order valence-corrected chi connectivity index (χ2v) is 20.7. The van der Waals surface area contributed by atoms with Gasteiger partial charge in [0.05, 0.1) is 22.1 Å². The van der Waals surface area contributed by atoms with Gasteiger partial charge in [-0.05, 0) is 125 Å². The van der Waals surface area contributed by atoms with Gasteiger partial charge in [0.15, 0.2) is 0 Å². The number of allylic oxidation sites excluding steroid dienone is 4. The SMILES string of the molecule is CC/C=C\C=C/N(C)/C(=N\C(=N)n1c2ccc(-n3c4ccccc4c4ccccc43)cc2c2cccc(-c3cccc(-c4ccc5c6c(sc5c4)CC(C)C=C6)c3)c21)C1=Cc2oc3ccccc3c2C(C)C1. The Morgan fingerprint density at radius 2 is 1.46 bits per heavy atom. The van der Waals surface area contributed by atoms with Gasteiger partial charge < -0.3 is 13.9 Å². The Balaban J connectivity index is 1.01. The lowest BCUT2D eigenvalue weighted by atomic mass is 9.86. The number of benzene rings is 7. The Morgan fingerprint density at radius 1 is 0.722 bits per heavy atom. The number of hydrogen-bond acceptors (Lipinski definition) is 3. The lowest BCUT2D eigenvalue weighted by Gasteiger charge is -2.25. The summed E-state index contributed by atoms with van der Waals surface area (Å²) in [5.41, 5.74) is 14.2. The molecule has 7 aromatic carbocycles. The van der Waals surface area contributed by atoms with Crippen LogP contribution in [-0.2, 0) is 6.42 Å². The second-order valence-electron chi connectivity index (χ2n) is 19.6. The van der Waals surface area contributed by atoms with Gasteiger partial charge in [0.1, 0.15) is 17.2 Å². The Hall–Kier alpha value is -8.26. The molecule has 11 aromatic rings. The third-order valence-corrected chi connectivity index (χ3v) is 16.0. The van der Waals surface area contributed by atoms with Gasteiger partial charge in [-0.1, -0.05) is 148 Å². The van der Waals surface area contributed by atoms with Gasteiger partial charge >= 0.3 is 0 Å². The van der Waals surface area contributed by atoms with Crippen LogP contribution in [-0.4, -0.2) is 32.9 Å². The minimum absolute atomic E-state index is 0.127. The first-order chi connectivity index (χ1) is 35.3. The molecular formula is C65H53N5OS. The predicted octanol–water partition coefficient (Wildman–Crippen LogP) is 17.6. The largest absolute Gasteiger partial charge is 0.456 e. The van der Waals surface area contributed by atoms with Gasteiger partial charge in [-0.2, -0.15) is 4.99 Å². The van der Waals surface area contributed by atoms with Crippen LogP contribution in [0.3, 0.4) is 0 Å². The molecule has 0 aliphatic heterocycles. The van der Waals surface area contributed by atoms with Crippen LogP contribution in [0, 0.1) is 11.3 Å². The van der Waals surface area contributed by atoms with Gasteiger partial charge in [0, 0.05) is 66.6 Å². The van der Waals surface area contributed by atoms with E-state index in [1.807, 2.05) is 42.8 Å². The molecule has 13 rings (SSSR count). The van der Waals surface area contributed by atoms with Gasteiger partial charge in [0.2, 0.25) is 5.96 Å². The molecule has 0 spiro atoms. The van der Waals surface area contributed by atoms with Crippen molar-refractivity contribution < 1.29 is 4.42 Å². The van der Waals surface area contributed by atoms with Crippen LogP contribution in [0.25, 0.3) is 105 Å². The molecule has 0 radical (unpaired) electrons. The van der Waals surface area contributed by atoms with Crippen LogP contribution in [0.5, 0.6) is 0 Å². The summed E-state index contributed by atoms with van der Waals surface area (Å²) in [6, 6.07) is 54.8. The first kappa shape index (κ1) is 43.7. The zero-order valence-corrected chi connectivity index (χ0v) is 41.7. The third kappa shape index (κ3) is 7.21. The monoisotopic (exact) mass is 951 g/mol. The van der Waals surface area contributed by atoms with E-state index < -0.39 is 0 Å². The molecule has 0 saturated heterocycles. The summed E-state index contributed by atoms with van der Waals surface area (Å²) >= 11 is 1.93. The number of thiophene rings is 1. The standard InChI is InChI=1S/C65H53N5OS/c1-5-6-7-14-33-68(4)64(45-35-41(3)62-53-21-10-13-26-58(53)71-59(62)37-45)67-65(66)70-57-32-29-46(69-55-24-11-8-19-48(55)49-20-9-12-25-56(49)69)39-54(57)52-23-16-22-47(63(52)70)44-18-15-17-42(36-44)43-28-31-51-50-30-27-40(2)34-60(50)72-61(51)38-43/h6-33,36-41,66H,5,34-35H2,1-4H3/b7-6-,33-14-,66-65?,67-64-. The molecule has 0 fully saturated rings. The van der Waals surface area contributed by atoms with E-state index in [1.165, 1.54) is 42.4 Å². The number of nitrogens with zero attached hydrogens (tertiary/aromatic N) is 4. The quantitative estimate of drug-likeness (QED) is 0.0983. The highest BCUT2D eigenvalue weighted by molar-refractivity contribution is 7.19. The van der Waals surface area contributed by atoms with E-state index in [4.69, 9.17) is 9.41 Å². The summed E-state index contributed by atoms with van der Waals surface area (Å²) in [6.45, 7) is 6.70. The predicted molar refractivity (Wildman–Crippen MR) is 306 cm³/mol. The van der Waals surface area contributed by atoms with Crippen LogP contribution in [0.4, 0.5) is 0 Å². The summed E-state index contributed by atoms with van der Waals surface area (Å²) in [5, 5.41) is 17.3. The van der Waals surface area contributed by atoms with Crippen LogP contribution in [0.2, 0.25) is 0 Å². The number of hydrogen-bond donors (Lipinski definition) is 1. The maximum atomic E-state index is 10.3. The van der Waals surface area contributed by atoms with Gasteiger partial charge in [-0.3, -0.25) is 9.98 Å². The molecule has 0 amide bonds. The highest BCUT2D eigenvalue weighted by atomic mass is 32.1. The van der Waals surface area contributed by atoms with E-state index in [-0.39, 0.29) is 11.9 Å². The smallest absolute Gasteiger partial charge is 0.229 e. The average molecular weight is 952 g/mol. The van der Waals surface area contributed by atoms with Crippen LogP contribution >= 0.6 is 11.3 Å². The van der Waals surface area contributed by atoms with E-state index in [0.717, 1.165) is 96.8 Å². The minimum atomic E-state index is 0.127. The lowest BCUT2D eigenvalue weighted by molar-refractivity contribution is 0.582. The Bertz CT molecular complexity index is 4130. The number of para-hydroxylation sites is 4. The molecule has 4 heterocycles. The van der Waals surface area contributed by atoms with Crippen molar-refractivity contribution in [3.8, 4) is 27.9 Å². The number of aromatic nitrogens is 2. The molecule has 7 heteroatoms. The molecule has 2 unspecified atom stereocenters. The third-order valence-electron chi connectivity index (χ3n) is 14.8. The Labute approximate surface area is 423 Å². The topological polar surface area (TPSA) is 62.5 Å². The Kier molecular flexibility index (Phi) is 10.7. The molecule has 0 bridgehead atoms. The summed E-state index contributed by atoms with van der Waals surface area (Å²) in [4.78, 5) is 8.94. The molecule has 2 atom stereocenters. The Morgan fingerprint density at radius 3 is 2.28 bits per heavy atom. The molecule has 4 aromatic heterocycles. The van der Waals surface area contributed by atoms with Crippen LogP contribution < -0.4 is 0 Å². The zero-order valence-electron chi connectivity index (χ0n) is 40.9. The van der Waals surface area contributed by atoms with Crippen molar-refractivity contribution in [2.45, 2.75) is 46.0 Å². The summed E-state index contributed by atoms with van der Waals surface area (Å²) in [6.07, 6.45) is 17.9. The van der Waals surface area contributed by atoms with Gasteiger partial charge in [0.25, 0.3) is 0 Å². The van der Waals surface area contributed by atoms with Crippen LogP contribution in [0.1, 0.15) is 61.3 Å². The zero-order chi connectivity index (χ0) is 48.6. The van der Waals surface area contributed by atoms with Crippen molar-refractivity contribution in [1.29, 1.82) is 5.41 Å². The maximum absolute atomic E-state index is 10.3. The number of aliphatic imine (C=N–C) groups is 1. The van der Waals surface area contributed by atoms with E-state index in [9.17, 15) is 5.41 Å². The molecular weight excluding hydrogens is 899 g/mol. The molecule has 2 aliphatic rings. The number of likely N-dealkylation sites (N-methyl/N-ethyl adjacent to an activating group) is 1. The van der Waals surface area contributed by atoms with Gasteiger partial charge in [-0.25, -0.2) is 0 Å². The summed E-state index contributed by atoms with van der Waals surface area (Å²) in [7, 11) is 2.03. The first-order valence-electron chi connectivity index (χ1n) is 25.2. The second kappa shape index (κ2) is 17.5. The fourth-order valence-electron chi connectivity index (χ4n) is 11.5. The van der Waals surface area contributed by atoms with Crippen molar-refractivity contribution >= 4 is 100.0 Å². The molecule has 0 saturated carbocycles. The van der Waals surface area contributed by atoms with E-state index in [2.05, 4.69) is 205 Å². The number of amidine groups is 1. The normalized spacial score (nSPS) is 16.1. The van der Waals surface area contributed by atoms with E-state index >= 15 is 0 Å². The minimum Gasteiger partial charge on any atom is -0.456 e. The van der Waals surface area contributed by atoms with Crippen LogP contribution in [0.15, 0.2) is 197 Å². The van der Waals surface area contributed by atoms with Crippen molar-refractivity contribution in [2.75, 3.05) is 7.05 Å². The van der Waals surface area contributed by atoms with Crippen molar-refractivity contribution in [3.63, 3.8) is 0 Å². The molecule has 72 heavy (non-hydrogen) atoms. The molecule has 2 aliphatic carbocycles. The molecule has 1 N–H and O–H groups in total. The highest BCUT2D eigenvalue weighted by Gasteiger charge is 2.28. The number of rotatable bonds is 7.